The molecule has 1 N–H and O–H groups in total. The zero-order valence-electron chi connectivity index (χ0n) is 19.2. The minimum absolute atomic E-state index is 0.0205. The summed E-state index contributed by atoms with van der Waals surface area (Å²) in [4.78, 5) is 38.4. The molecule has 11 heteroatoms. The third kappa shape index (κ3) is 6.31. The minimum atomic E-state index is -3.45. The van der Waals surface area contributed by atoms with E-state index in [0.29, 0.717) is 30.4 Å². The first-order valence-electron chi connectivity index (χ1n) is 10.8. The van der Waals surface area contributed by atoms with Crippen LogP contribution >= 0.6 is 0 Å². The number of benzene rings is 2. The number of hydrogen-bond acceptors (Lipinski definition) is 8. The van der Waals surface area contributed by atoms with Gasteiger partial charge in [-0.2, -0.15) is 0 Å². The van der Waals surface area contributed by atoms with E-state index in [4.69, 9.17) is 4.74 Å². The lowest BCUT2D eigenvalue weighted by Gasteiger charge is -2.32. The van der Waals surface area contributed by atoms with Crippen LogP contribution in [-0.4, -0.2) is 50.5 Å². The van der Waals surface area contributed by atoms with Crippen LogP contribution in [0.1, 0.15) is 47.4 Å². The summed E-state index contributed by atoms with van der Waals surface area (Å²) in [6, 6.07) is 9.87. The van der Waals surface area contributed by atoms with E-state index >= 15 is 0 Å². The van der Waals surface area contributed by atoms with Gasteiger partial charge in [0.1, 0.15) is 5.69 Å². The Morgan fingerprint density at radius 1 is 1.18 bits per heavy atom. The number of rotatable bonds is 8. The first kappa shape index (κ1) is 25.2. The lowest BCUT2D eigenvalue weighted by Crippen LogP contribution is -2.34. The molecular weight excluding hydrogens is 462 g/mol. The summed E-state index contributed by atoms with van der Waals surface area (Å²) < 4.78 is 30.1. The van der Waals surface area contributed by atoms with Crippen LogP contribution < -0.4 is 9.62 Å². The van der Waals surface area contributed by atoms with Crippen molar-refractivity contribution in [2.45, 2.75) is 32.8 Å². The smallest absolute Gasteiger partial charge is 0.339 e. The number of piperidine rings is 1. The molecule has 10 nitrogen and oxygen atoms in total. The summed E-state index contributed by atoms with van der Waals surface area (Å²) in [5, 5.41) is 11.7. The van der Waals surface area contributed by atoms with Gasteiger partial charge in [0.2, 0.25) is 15.8 Å². The zero-order valence-corrected chi connectivity index (χ0v) is 20.0. The fourth-order valence-corrected chi connectivity index (χ4v) is 4.47. The van der Waals surface area contributed by atoms with Gasteiger partial charge in [-0.15, -0.1) is 0 Å². The summed E-state index contributed by atoms with van der Waals surface area (Å²) in [5.74, 6) is -0.924. The zero-order chi connectivity index (χ0) is 25.0. The van der Waals surface area contributed by atoms with E-state index in [0.717, 1.165) is 19.1 Å². The number of nitrogens with one attached hydrogen (secondary N) is 1. The first-order chi connectivity index (χ1) is 15.9. The Balaban J connectivity index is 1.72. The highest BCUT2D eigenvalue weighted by atomic mass is 32.2. The predicted octanol–water partition coefficient (Wildman–Crippen LogP) is 3.63. The molecule has 2 aromatic rings. The molecular formula is C23H27N3O7S. The van der Waals surface area contributed by atoms with Crippen molar-refractivity contribution in [3.05, 3.63) is 63.7 Å². The van der Waals surface area contributed by atoms with Gasteiger partial charge < -0.3 is 9.64 Å². The number of hydrogen-bond donors (Lipinski definition) is 1. The van der Waals surface area contributed by atoms with Crippen LogP contribution in [0, 0.1) is 16.0 Å². The molecule has 1 aliphatic rings. The molecule has 0 saturated carbocycles. The monoisotopic (exact) mass is 489 g/mol. The van der Waals surface area contributed by atoms with Crippen molar-refractivity contribution in [3.63, 3.8) is 0 Å². The van der Waals surface area contributed by atoms with Gasteiger partial charge in [-0.3, -0.25) is 19.6 Å². The largest absolute Gasteiger partial charge is 0.451 e. The fraction of sp³-hybridized carbons (Fsp3) is 0.391. The summed E-state index contributed by atoms with van der Waals surface area (Å²) >= 11 is 0. The van der Waals surface area contributed by atoms with Crippen LogP contribution in [0.5, 0.6) is 0 Å². The van der Waals surface area contributed by atoms with E-state index < -0.39 is 32.8 Å². The molecule has 182 valence electrons. The minimum Gasteiger partial charge on any atom is -0.451 e. The van der Waals surface area contributed by atoms with Crippen molar-refractivity contribution in [1.82, 2.24) is 0 Å². The number of nitro benzene ring substituents is 1. The Bertz CT molecular complexity index is 1200. The van der Waals surface area contributed by atoms with E-state index in [1.54, 1.807) is 6.07 Å². The molecule has 0 radical (unpaired) electrons. The van der Waals surface area contributed by atoms with E-state index in [2.05, 4.69) is 11.6 Å². The number of esters is 1. The van der Waals surface area contributed by atoms with Crippen molar-refractivity contribution < 1.29 is 27.7 Å². The molecule has 0 aliphatic carbocycles. The second-order valence-corrected chi connectivity index (χ2v) is 10.3. The fourth-order valence-electron chi connectivity index (χ4n) is 3.91. The molecule has 0 amide bonds. The number of Topliss-reactive ketones (excluding diaryl/α,β-unsaturated/α-hetero) is 1. The van der Waals surface area contributed by atoms with Gasteiger partial charge in [0.25, 0.3) is 5.69 Å². The van der Waals surface area contributed by atoms with Crippen molar-refractivity contribution >= 4 is 38.8 Å². The molecule has 1 heterocycles. The van der Waals surface area contributed by atoms with Crippen molar-refractivity contribution in [1.29, 1.82) is 0 Å². The highest BCUT2D eigenvalue weighted by molar-refractivity contribution is 7.92. The second-order valence-electron chi connectivity index (χ2n) is 8.52. The summed E-state index contributed by atoms with van der Waals surface area (Å²) in [6.45, 7) is 4.91. The van der Waals surface area contributed by atoms with Crippen molar-refractivity contribution in [2.75, 3.05) is 29.0 Å². The van der Waals surface area contributed by atoms with Crippen LogP contribution in [0.4, 0.5) is 17.1 Å². The van der Waals surface area contributed by atoms with Gasteiger partial charge in [-0.25, -0.2) is 13.2 Å². The Morgan fingerprint density at radius 3 is 2.41 bits per heavy atom. The number of nitrogens with zero attached hydrogens (tertiary/aromatic N) is 2. The summed E-state index contributed by atoms with van der Waals surface area (Å²) in [6.07, 6.45) is 1.87. The highest BCUT2D eigenvalue weighted by Gasteiger charge is 2.27. The molecule has 0 aromatic heterocycles. The molecule has 34 heavy (non-hydrogen) atoms. The van der Waals surface area contributed by atoms with E-state index in [9.17, 15) is 28.1 Å². The second kappa shape index (κ2) is 10.2. The standard InChI is InChI=1S/C23H27N3O7S/c1-15-5-4-12-25(14-15)20-11-8-18(13-21(20)26(29)30)23(28)33-16(2)22(27)17-6-9-19(10-7-17)24-34(3,31)32/h6-11,13,15-16,24H,4-5,12,14H2,1-3H3. The molecule has 1 aliphatic heterocycles. The van der Waals surface area contributed by atoms with Crippen LogP contribution in [-0.2, 0) is 14.8 Å². The molecule has 0 spiro atoms. The Labute approximate surface area is 198 Å². The highest BCUT2D eigenvalue weighted by Crippen LogP contribution is 2.32. The number of ether oxygens (including phenoxy) is 1. The normalized spacial score (nSPS) is 17.0. The lowest BCUT2D eigenvalue weighted by atomic mass is 9.99. The van der Waals surface area contributed by atoms with Gasteiger partial charge in [0.15, 0.2) is 6.10 Å². The quantitative estimate of drug-likeness (QED) is 0.257. The van der Waals surface area contributed by atoms with Gasteiger partial charge in [0.05, 0.1) is 16.7 Å². The number of ketones is 1. The molecule has 3 rings (SSSR count). The average Bonchev–Trinajstić information content (AvgIpc) is 2.77. The van der Waals surface area contributed by atoms with Crippen LogP contribution in [0.3, 0.4) is 0 Å². The lowest BCUT2D eigenvalue weighted by molar-refractivity contribution is -0.384. The number of carbonyl (C=O) groups is 2. The maximum atomic E-state index is 12.6. The Morgan fingerprint density at radius 2 is 1.82 bits per heavy atom. The summed E-state index contributed by atoms with van der Waals surface area (Å²) in [7, 11) is -3.45. The van der Waals surface area contributed by atoms with Crippen LogP contribution in [0.2, 0.25) is 0 Å². The molecule has 2 aromatic carbocycles. The van der Waals surface area contributed by atoms with Crippen LogP contribution in [0.25, 0.3) is 0 Å². The maximum Gasteiger partial charge on any atom is 0.339 e. The molecule has 2 unspecified atom stereocenters. The Kier molecular flexibility index (Phi) is 7.55. The van der Waals surface area contributed by atoms with E-state index in [1.165, 1.54) is 43.3 Å². The van der Waals surface area contributed by atoms with Gasteiger partial charge in [0, 0.05) is 30.4 Å². The van der Waals surface area contributed by atoms with Crippen molar-refractivity contribution in [3.8, 4) is 0 Å². The topological polar surface area (TPSA) is 136 Å². The van der Waals surface area contributed by atoms with Gasteiger partial charge >= 0.3 is 5.97 Å². The molecule has 1 fully saturated rings. The van der Waals surface area contributed by atoms with Gasteiger partial charge in [-0.1, -0.05) is 6.92 Å². The number of nitro groups is 1. The maximum absolute atomic E-state index is 12.6. The third-order valence-electron chi connectivity index (χ3n) is 5.53. The average molecular weight is 490 g/mol. The SMILES string of the molecule is CC1CCCN(c2ccc(C(=O)OC(C)C(=O)c3ccc(NS(C)(=O)=O)cc3)cc2[N+](=O)[O-])C1. The third-order valence-corrected chi connectivity index (χ3v) is 6.14. The van der Waals surface area contributed by atoms with E-state index in [1.807, 2.05) is 4.90 Å². The van der Waals surface area contributed by atoms with E-state index in [-0.39, 0.29) is 16.8 Å². The van der Waals surface area contributed by atoms with Crippen LogP contribution in [0.15, 0.2) is 42.5 Å². The van der Waals surface area contributed by atoms with Crippen molar-refractivity contribution in [2.24, 2.45) is 5.92 Å². The molecule has 2 atom stereocenters. The Hall–Kier alpha value is -3.47. The number of anilines is 2. The van der Waals surface area contributed by atoms with Gasteiger partial charge in [-0.05, 0) is 62.1 Å². The molecule has 1 saturated heterocycles. The molecule has 0 bridgehead atoms. The number of sulfonamides is 1. The predicted molar refractivity (Wildman–Crippen MR) is 128 cm³/mol. The first-order valence-corrected chi connectivity index (χ1v) is 12.7. The summed E-state index contributed by atoms with van der Waals surface area (Å²) in [5.41, 5.74) is 0.767. The number of carbonyl (C=O) groups excluding carboxylic acids is 2.